The molecule has 0 atom stereocenters. The molecule has 0 fully saturated rings. The second kappa shape index (κ2) is 6.48. The second-order valence-corrected chi connectivity index (χ2v) is 5.56. The van der Waals surface area contributed by atoms with Crippen LogP contribution in [0.15, 0.2) is 35.7 Å². The van der Waals surface area contributed by atoms with Crippen molar-refractivity contribution in [3.63, 3.8) is 0 Å². The van der Waals surface area contributed by atoms with Gasteiger partial charge in [-0.25, -0.2) is 4.98 Å². The van der Waals surface area contributed by atoms with E-state index in [4.69, 9.17) is 0 Å². The summed E-state index contributed by atoms with van der Waals surface area (Å²) in [5.41, 5.74) is 2.18. The molecular weight excluding hydrogens is 256 g/mol. The summed E-state index contributed by atoms with van der Waals surface area (Å²) in [5.74, 6) is 0.133. The van der Waals surface area contributed by atoms with Crippen LogP contribution in [0, 0.1) is 5.92 Å². The topological polar surface area (TPSA) is 42.0 Å². The van der Waals surface area contributed by atoms with Gasteiger partial charge in [0.1, 0.15) is 5.01 Å². The minimum absolute atomic E-state index is 0.0373. The third-order valence-electron chi connectivity index (χ3n) is 2.78. The second-order valence-electron chi connectivity index (χ2n) is 4.71. The fourth-order valence-corrected chi connectivity index (χ4v) is 2.51. The summed E-state index contributed by atoms with van der Waals surface area (Å²) < 4.78 is 0. The van der Waals surface area contributed by atoms with Gasteiger partial charge in [-0.05, 0) is 0 Å². The van der Waals surface area contributed by atoms with Crippen molar-refractivity contribution in [3.8, 4) is 10.6 Å². The molecule has 0 aliphatic rings. The van der Waals surface area contributed by atoms with Crippen LogP contribution in [0.2, 0.25) is 0 Å². The van der Waals surface area contributed by atoms with Crippen molar-refractivity contribution in [3.05, 3.63) is 41.4 Å². The molecule has 0 radical (unpaired) electrons. The number of nitrogens with one attached hydrogen (secondary N) is 1. The fourth-order valence-electron chi connectivity index (χ4n) is 1.65. The van der Waals surface area contributed by atoms with E-state index in [0.717, 1.165) is 22.7 Å². The van der Waals surface area contributed by atoms with Crippen LogP contribution in [0.25, 0.3) is 10.6 Å². The van der Waals surface area contributed by atoms with Crippen LogP contribution in [0.1, 0.15) is 19.5 Å². The molecule has 4 heteroatoms. The minimum atomic E-state index is 0.0373. The number of amides is 1. The Hall–Kier alpha value is -1.68. The first-order valence-electron chi connectivity index (χ1n) is 6.44. The van der Waals surface area contributed by atoms with Crippen molar-refractivity contribution in [2.24, 2.45) is 5.92 Å². The third-order valence-corrected chi connectivity index (χ3v) is 3.72. The smallest absolute Gasteiger partial charge is 0.222 e. The molecule has 0 aliphatic carbocycles. The average molecular weight is 274 g/mol. The van der Waals surface area contributed by atoms with E-state index in [9.17, 15) is 4.79 Å². The lowest BCUT2D eigenvalue weighted by Gasteiger charge is -2.05. The summed E-state index contributed by atoms with van der Waals surface area (Å²) in [6.45, 7) is 4.44. The quantitative estimate of drug-likeness (QED) is 0.910. The fraction of sp³-hybridized carbons (Fsp3) is 0.333. The largest absolute Gasteiger partial charge is 0.355 e. The van der Waals surface area contributed by atoms with E-state index in [2.05, 4.69) is 27.8 Å². The van der Waals surface area contributed by atoms with Crippen molar-refractivity contribution >= 4 is 17.2 Å². The number of benzene rings is 1. The monoisotopic (exact) mass is 274 g/mol. The summed E-state index contributed by atoms with van der Waals surface area (Å²) in [4.78, 5) is 16.0. The number of thiazole rings is 1. The van der Waals surface area contributed by atoms with Crippen molar-refractivity contribution in [2.75, 3.05) is 6.54 Å². The van der Waals surface area contributed by atoms with E-state index in [1.165, 1.54) is 0 Å². The van der Waals surface area contributed by atoms with Gasteiger partial charge < -0.3 is 5.32 Å². The van der Waals surface area contributed by atoms with Gasteiger partial charge in [0.05, 0.1) is 5.69 Å². The predicted molar refractivity (Wildman–Crippen MR) is 79.1 cm³/mol. The third kappa shape index (κ3) is 3.89. The number of hydrogen-bond donors (Lipinski definition) is 1. The lowest BCUT2D eigenvalue weighted by molar-refractivity contribution is -0.123. The molecule has 100 valence electrons. The maximum absolute atomic E-state index is 11.4. The van der Waals surface area contributed by atoms with Crippen LogP contribution in [-0.2, 0) is 11.2 Å². The zero-order valence-corrected chi connectivity index (χ0v) is 12.0. The van der Waals surface area contributed by atoms with Crippen molar-refractivity contribution in [2.45, 2.75) is 20.3 Å². The predicted octanol–water partition coefficient (Wildman–Crippen LogP) is 3.12. The zero-order chi connectivity index (χ0) is 13.7. The van der Waals surface area contributed by atoms with Gasteiger partial charge in [-0.2, -0.15) is 0 Å². The molecule has 0 saturated carbocycles. The van der Waals surface area contributed by atoms with Gasteiger partial charge in [-0.1, -0.05) is 44.2 Å². The Morgan fingerprint density at radius 3 is 2.74 bits per heavy atom. The van der Waals surface area contributed by atoms with Crippen LogP contribution >= 0.6 is 11.3 Å². The van der Waals surface area contributed by atoms with Gasteiger partial charge in [0.2, 0.25) is 5.91 Å². The first kappa shape index (κ1) is 13.7. The molecule has 1 aromatic carbocycles. The SMILES string of the molecule is CC(C)C(=O)NCCc1csc(-c2ccccc2)n1. The molecule has 2 rings (SSSR count). The first-order chi connectivity index (χ1) is 9.16. The standard InChI is InChI=1S/C15H18N2OS/c1-11(2)14(18)16-9-8-13-10-19-15(17-13)12-6-4-3-5-7-12/h3-7,10-11H,8-9H2,1-2H3,(H,16,18). The molecule has 3 nitrogen and oxygen atoms in total. The van der Waals surface area contributed by atoms with Gasteiger partial charge in [0.25, 0.3) is 0 Å². The van der Waals surface area contributed by atoms with E-state index in [-0.39, 0.29) is 11.8 Å². The number of hydrogen-bond acceptors (Lipinski definition) is 3. The maximum Gasteiger partial charge on any atom is 0.222 e. The van der Waals surface area contributed by atoms with Crippen LogP contribution < -0.4 is 5.32 Å². The Bertz CT molecular complexity index is 534. The summed E-state index contributed by atoms with van der Waals surface area (Å²) in [6, 6.07) is 10.1. The molecule has 0 bridgehead atoms. The van der Waals surface area contributed by atoms with Crippen molar-refractivity contribution < 1.29 is 4.79 Å². The highest BCUT2D eigenvalue weighted by molar-refractivity contribution is 7.13. The number of nitrogens with zero attached hydrogens (tertiary/aromatic N) is 1. The lowest BCUT2D eigenvalue weighted by Crippen LogP contribution is -2.29. The molecule has 1 heterocycles. The van der Waals surface area contributed by atoms with E-state index in [1.54, 1.807) is 11.3 Å². The lowest BCUT2D eigenvalue weighted by atomic mass is 10.2. The highest BCUT2D eigenvalue weighted by atomic mass is 32.1. The van der Waals surface area contributed by atoms with Crippen LogP contribution in [0.3, 0.4) is 0 Å². The van der Waals surface area contributed by atoms with Crippen LogP contribution in [0.5, 0.6) is 0 Å². The normalized spacial score (nSPS) is 10.7. The molecule has 1 N–H and O–H groups in total. The van der Waals surface area contributed by atoms with E-state index in [1.807, 2.05) is 32.0 Å². The summed E-state index contributed by atoms with van der Waals surface area (Å²) in [7, 11) is 0. The molecular formula is C15H18N2OS. The average Bonchev–Trinajstić information content (AvgIpc) is 2.88. The Balaban J connectivity index is 1.90. The molecule has 0 aliphatic heterocycles. The Labute approximate surface area is 117 Å². The Morgan fingerprint density at radius 2 is 2.05 bits per heavy atom. The number of rotatable bonds is 5. The zero-order valence-electron chi connectivity index (χ0n) is 11.2. The first-order valence-corrected chi connectivity index (χ1v) is 7.32. The van der Waals surface area contributed by atoms with Crippen LogP contribution in [0.4, 0.5) is 0 Å². The van der Waals surface area contributed by atoms with E-state index >= 15 is 0 Å². The maximum atomic E-state index is 11.4. The Morgan fingerprint density at radius 1 is 1.32 bits per heavy atom. The molecule has 1 aromatic heterocycles. The van der Waals surface area contributed by atoms with Crippen LogP contribution in [-0.4, -0.2) is 17.4 Å². The summed E-state index contributed by atoms with van der Waals surface area (Å²) >= 11 is 1.64. The van der Waals surface area contributed by atoms with E-state index in [0.29, 0.717) is 6.54 Å². The molecule has 0 saturated heterocycles. The molecule has 0 spiro atoms. The van der Waals surface area contributed by atoms with E-state index < -0.39 is 0 Å². The van der Waals surface area contributed by atoms with Gasteiger partial charge in [0.15, 0.2) is 0 Å². The number of carbonyl (C=O) groups excluding carboxylic acids is 1. The number of aromatic nitrogens is 1. The highest BCUT2D eigenvalue weighted by Crippen LogP contribution is 2.23. The Kier molecular flexibility index (Phi) is 4.68. The molecule has 19 heavy (non-hydrogen) atoms. The van der Waals surface area contributed by atoms with Gasteiger partial charge in [-0.3, -0.25) is 4.79 Å². The van der Waals surface area contributed by atoms with Crippen molar-refractivity contribution in [1.82, 2.24) is 10.3 Å². The van der Waals surface area contributed by atoms with Gasteiger partial charge in [-0.15, -0.1) is 11.3 Å². The molecule has 0 unspecified atom stereocenters. The number of carbonyl (C=O) groups is 1. The highest BCUT2D eigenvalue weighted by Gasteiger charge is 2.07. The summed E-state index contributed by atoms with van der Waals surface area (Å²) in [6.07, 6.45) is 0.780. The van der Waals surface area contributed by atoms with Gasteiger partial charge in [0, 0.05) is 29.8 Å². The van der Waals surface area contributed by atoms with Crippen molar-refractivity contribution in [1.29, 1.82) is 0 Å². The van der Waals surface area contributed by atoms with Gasteiger partial charge >= 0.3 is 0 Å². The molecule has 1 amide bonds. The summed E-state index contributed by atoms with van der Waals surface area (Å²) in [5, 5.41) is 6.00. The minimum Gasteiger partial charge on any atom is -0.355 e. The molecule has 2 aromatic rings.